The number of ether oxygens (including phenoxy) is 1. The lowest BCUT2D eigenvalue weighted by Gasteiger charge is -2.34. The molecule has 2 heterocycles. The molecule has 216 valence electrons. The molecule has 11 nitrogen and oxygen atoms in total. The number of piperazine rings is 1. The summed E-state index contributed by atoms with van der Waals surface area (Å²) < 4.78 is 32.4. The fourth-order valence-corrected chi connectivity index (χ4v) is 5.86. The van der Waals surface area contributed by atoms with Crippen LogP contribution in [0.2, 0.25) is 0 Å². The van der Waals surface area contributed by atoms with E-state index in [0.717, 1.165) is 11.1 Å². The van der Waals surface area contributed by atoms with Crippen LogP contribution >= 0.6 is 0 Å². The average Bonchev–Trinajstić information content (AvgIpc) is 3.75. The summed E-state index contributed by atoms with van der Waals surface area (Å²) in [6, 6.07) is 16.1. The molecule has 0 aliphatic carbocycles. The van der Waals surface area contributed by atoms with Crippen LogP contribution in [-0.4, -0.2) is 80.3 Å². The van der Waals surface area contributed by atoms with Crippen molar-refractivity contribution in [3.63, 3.8) is 0 Å². The van der Waals surface area contributed by atoms with Crippen LogP contribution in [0.3, 0.4) is 0 Å². The zero-order valence-electron chi connectivity index (χ0n) is 22.7. The van der Waals surface area contributed by atoms with E-state index in [1.807, 2.05) is 44.2 Å². The SMILES string of the molecule is Cc1ccc(S(=O)(=O)N2CCN(C(=O)C[C@@H](C)CCNC(=O)[C@H]3O[C@@H]3C(=O)NOCc3ccccc3)CC2)cc1. The van der Waals surface area contributed by atoms with Gasteiger partial charge in [0.15, 0.2) is 12.2 Å². The van der Waals surface area contributed by atoms with Crippen LogP contribution in [0.4, 0.5) is 0 Å². The largest absolute Gasteiger partial charge is 0.354 e. The van der Waals surface area contributed by atoms with Crippen LogP contribution in [0, 0.1) is 12.8 Å². The van der Waals surface area contributed by atoms with Gasteiger partial charge in [0.2, 0.25) is 15.9 Å². The number of hydrogen-bond acceptors (Lipinski definition) is 7. The highest BCUT2D eigenvalue weighted by Crippen LogP contribution is 2.23. The minimum atomic E-state index is -3.59. The van der Waals surface area contributed by atoms with Crippen molar-refractivity contribution >= 4 is 27.7 Å². The quantitative estimate of drug-likeness (QED) is 0.290. The Hall–Kier alpha value is -3.32. The van der Waals surface area contributed by atoms with Gasteiger partial charge in [0.05, 0.1) is 11.5 Å². The molecule has 40 heavy (non-hydrogen) atoms. The van der Waals surface area contributed by atoms with E-state index in [9.17, 15) is 22.8 Å². The molecule has 3 atom stereocenters. The zero-order chi connectivity index (χ0) is 28.7. The van der Waals surface area contributed by atoms with E-state index in [1.54, 1.807) is 29.2 Å². The Balaban J connectivity index is 1.10. The Labute approximate surface area is 234 Å². The van der Waals surface area contributed by atoms with Crippen molar-refractivity contribution in [2.24, 2.45) is 5.92 Å². The maximum atomic E-state index is 12.9. The van der Waals surface area contributed by atoms with Gasteiger partial charge in [-0.3, -0.25) is 19.2 Å². The van der Waals surface area contributed by atoms with Gasteiger partial charge in [0.1, 0.15) is 0 Å². The fourth-order valence-electron chi connectivity index (χ4n) is 4.44. The van der Waals surface area contributed by atoms with Gasteiger partial charge in [-0.05, 0) is 37.0 Å². The van der Waals surface area contributed by atoms with Gasteiger partial charge in [-0.1, -0.05) is 55.0 Å². The minimum absolute atomic E-state index is 0.00715. The topological polar surface area (TPSA) is 138 Å². The molecule has 3 amide bonds. The van der Waals surface area contributed by atoms with Crippen molar-refractivity contribution in [3.05, 3.63) is 65.7 Å². The van der Waals surface area contributed by atoms with Crippen LogP contribution in [-0.2, 0) is 40.6 Å². The van der Waals surface area contributed by atoms with E-state index in [0.29, 0.717) is 32.5 Å². The number of nitrogens with one attached hydrogen (secondary N) is 2. The van der Waals surface area contributed by atoms with Crippen molar-refractivity contribution in [1.82, 2.24) is 20.0 Å². The molecule has 2 N–H and O–H groups in total. The van der Waals surface area contributed by atoms with Crippen LogP contribution in [0.15, 0.2) is 59.5 Å². The van der Waals surface area contributed by atoms with Gasteiger partial charge in [0.25, 0.3) is 11.8 Å². The first-order valence-corrected chi connectivity index (χ1v) is 14.8. The van der Waals surface area contributed by atoms with Crippen molar-refractivity contribution in [2.45, 2.75) is 50.4 Å². The van der Waals surface area contributed by atoms with E-state index < -0.39 is 28.1 Å². The van der Waals surface area contributed by atoms with E-state index >= 15 is 0 Å². The Morgan fingerprint density at radius 1 is 0.975 bits per heavy atom. The summed E-state index contributed by atoms with van der Waals surface area (Å²) in [6.45, 7) is 5.55. The molecule has 2 aliphatic heterocycles. The second-order valence-corrected chi connectivity index (χ2v) is 12.1. The monoisotopic (exact) mass is 572 g/mol. The molecule has 0 spiro atoms. The number of hydroxylamine groups is 1. The highest BCUT2D eigenvalue weighted by molar-refractivity contribution is 7.89. The summed E-state index contributed by atoms with van der Waals surface area (Å²) in [5.41, 5.74) is 4.19. The Morgan fingerprint density at radius 3 is 2.30 bits per heavy atom. The number of rotatable bonds is 12. The minimum Gasteiger partial charge on any atom is -0.354 e. The Bertz CT molecular complexity index is 1280. The van der Waals surface area contributed by atoms with Gasteiger partial charge in [0, 0.05) is 39.1 Å². The molecule has 2 fully saturated rings. The van der Waals surface area contributed by atoms with Gasteiger partial charge in [-0.2, -0.15) is 4.31 Å². The van der Waals surface area contributed by atoms with Gasteiger partial charge in [-0.25, -0.2) is 13.9 Å². The van der Waals surface area contributed by atoms with Gasteiger partial charge in [-0.15, -0.1) is 0 Å². The molecule has 0 bridgehead atoms. The van der Waals surface area contributed by atoms with E-state index in [2.05, 4.69) is 10.8 Å². The second-order valence-electron chi connectivity index (χ2n) is 10.2. The van der Waals surface area contributed by atoms with Crippen LogP contribution in [0.1, 0.15) is 30.9 Å². The van der Waals surface area contributed by atoms with Gasteiger partial charge < -0.3 is 15.0 Å². The number of aryl methyl sites for hydroxylation is 1. The molecule has 4 rings (SSSR count). The number of amides is 3. The third kappa shape index (κ3) is 7.87. The average molecular weight is 573 g/mol. The molecule has 2 aliphatic rings. The highest BCUT2D eigenvalue weighted by atomic mass is 32.2. The van der Waals surface area contributed by atoms with E-state index in [4.69, 9.17) is 9.57 Å². The number of carbonyl (C=O) groups is 3. The number of carbonyl (C=O) groups excluding carboxylic acids is 3. The molecule has 0 aromatic heterocycles. The standard InChI is InChI=1S/C28H36N4O7S/c1-20-8-10-23(11-9-20)40(36,37)32-16-14-31(15-17-32)24(33)18-21(2)12-13-29-27(34)25-26(39-25)28(35)30-38-19-22-6-4-3-5-7-22/h3-11,21,25-26H,12-19H2,1-2H3,(H,29,34)(H,30,35)/t21-,25-,26-/m0/s1. The van der Waals surface area contributed by atoms with Crippen molar-refractivity contribution < 1.29 is 32.4 Å². The van der Waals surface area contributed by atoms with Crippen molar-refractivity contribution in [1.29, 1.82) is 0 Å². The summed E-state index contributed by atoms with van der Waals surface area (Å²) in [7, 11) is -3.59. The summed E-state index contributed by atoms with van der Waals surface area (Å²) in [6.07, 6.45) is -0.874. The fraction of sp³-hybridized carbons (Fsp3) is 0.464. The lowest BCUT2D eigenvalue weighted by Crippen LogP contribution is -2.50. The van der Waals surface area contributed by atoms with Crippen LogP contribution < -0.4 is 10.8 Å². The molecule has 0 saturated carbocycles. The predicted octanol–water partition coefficient (Wildman–Crippen LogP) is 1.38. The normalized spacial score (nSPS) is 20.0. The zero-order valence-corrected chi connectivity index (χ0v) is 23.6. The number of epoxide rings is 1. The summed E-state index contributed by atoms with van der Waals surface area (Å²) in [5.74, 6) is -0.925. The predicted molar refractivity (Wildman–Crippen MR) is 146 cm³/mol. The number of benzene rings is 2. The third-order valence-electron chi connectivity index (χ3n) is 6.97. The first-order valence-electron chi connectivity index (χ1n) is 13.4. The molecular formula is C28H36N4O7S. The summed E-state index contributed by atoms with van der Waals surface area (Å²) in [5, 5.41) is 2.75. The molecule has 2 aromatic rings. The van der Waals surface area contributed by atoms with Crippen molar-refractivity contribution in [2.75, 3.05) is 32.7 Å². The molecule has 12 heteroatoms. The van der Waals surface area contributed by atoms with Crippen LogP contribution in [0.25, 0.3) is 0 Å². The summed E-state index contributed by atoms with van der Waals surface area (Å²) >= 11 is 0. The number of hydrogen-bond donors (Lipinski definition) is 2. The van der Waals surface area contributed by atoms with Crippen molar-refractivity contribution in [3.8, 4) is 0 Å². The van der Waals surface area contributed by atoms with E-state index in [1.165, 1.54) is 4.31 Å². The van der Waals surface area contributed by atoms with E-state index in [-0.39, 0.29) is 42.3 Å². The molecule has 2 saturated heterocycles. The third-order valence-corrected chi connectivity index (χ3v) is 8.89. The van der Waals surface area contributed by atoms with Gasteiger partial charge >= 0.3 is 0 Å². The molecule has 0 unspecified atom stereocenters. The molecule has 2 aromatic carbocycles. The summed E-state index contributed by atoms with van der Waals surface area (Å²) in [4.78, 5) is 44.3. The van der Waals surface area contributed by atoms with Crippen LogP contribution in [0.5, 0.6) is 0 Å². The Morgan fingerprint density at radius 2 is 1.62 bits per heavy atom. The number of sulfonamides is 1. The highest BCUT2D eigenvalue weighted by Gasteiger charge is 2.50. The Kier molecular flexibility index (Phi) is 9.90. The molecular weight excluding hydrogens is 536 g/mol. The number of nitrogens with zero attached hydrogens (tertiary/aromatic N) is 2. The second kappa shape index (κ2) is 13.4. The maximum Gasteiger partial charge on any atom is 0.275 e. The first-order chi connectivity index (χ1) is 19.1. The first kappa shape index (κ1) is 29.7. The maximum absolute atomic E-state index is 12.9. The lowest BCUT2D eigenvalue weighted by atomic mass is 10.0. The smallest absolute Gasteiger partial charge is 0.275 e. The lowest BCUT2D eigenvalue weighted by molar-refractivity contribution is -0.136. The molecule has 0 radical (unpaired) electrons.